The summed E-state index contributed by atoms with van der Waals surface area (Å²) in [4.78, 5) is 25.0. The lowest BCUT2D eigenvalue weighted by Gasteiger charge is -2.22. The van der Waals surface area contributed by atoms with Crippen LogP contribution >= 0.6 is 0 Å². The fourth-order valence-corrected chi connectivity index (χ4v) is 3.61. The van der Waals surface area contributed by atoms with Gasteiger partial charge in [0, 0.05) is 21.5 Å². The van der Waals surface area contributed by atoms with E-state index in [1.54, 1.807) is 0 Å². The van der Waals surface area contributed by atoms with Crippen molar-refractivity contribution in [3.05, 3.63) is 48.0 Å². The van der Waals surface area contributed by atoms with Gasteiger partial charge in [-0.2, -0.15) is 0 Å². The van der Waals surface area contributed by atoms with Crippen molar-refractivity contribution in [3.63, 3.8) is 0 Å². The Balaban J connectivity index is 2.16. The maximum Gasteiger partial charge on any atom is 0.513 e. The highest BCUT2D eigenvalue weighted by Gasteiger charge is 2.23. The predicted molar refractivity (Wildman–Crippen MR) is 134 cm³/mol. The van der Waals surface area contributed by atoms with Gasteiger partial charge < -0.3 is 18.9 Å². The molecule has 0 atom stereocenters. The van der Waals surface area contributed by atoms with Crippen LogP contribution < -0.4 is 9.47 Å². The van der Waals surface area contributed by atoms with Crippen LogP contribution in [-0.2, 0) is 14.9 Å². The summed E-state index contributed by atoms with van der Waals surface area (Å²) in [6.07, 6.45) is 1.83. The Bertz CT molecular complexity index is 1160. The lowest BCUT2D eigenvalue weighted by Crippen LogP contribution is -2.14. The Morgan fingerprint density at radius 3 is 1.65 bits per heavy atom. The summed E-state index contributed by atoms with van der Waals surface area (Å²) in [7, 11) is 0. The van der Waals surface area contributed by atoms with Crippen molar-refractivity contribution in [3.8, 4) is 11.5 Å². The molecule has 0 saturated carbocycles. The number of carbonyl (C=O) groups excluding carboxylic acids is 2. The standard InChI is InChI=1S/C28H34O6/c1-6-8-16-31-26(29)33-24-20-12-10-11-13-21(20)25(34-27(30)32-17-9-7-2)23-18-19(28(3,4)5)14-15-22(23)24/h10-15,18H,6-9,16-17H2,1-5H3. The van der Waals surface area contributed by atoms with Crippen LogP contribution in [0.2, 0.25) is 0 Å². The molecule has 3 rings (SSSR count). The monoisotopic (exact) mass is 466 g/mol. The summed E-state index contributed by atoms with van der Waals surface area (Å²) in [6.45, 7) is 11.0. The minimum atomic E-state index is -0.757. The van der Waals surface area contributed by atoms with Gasteiger partial charge in [-0.3, -0.25) is 0 Å². The number of rotatable bonds is 8. The number of hydrogen-bond acceptors (Lipinski definition) is 6. The molecular formula is C28H34O6. The van der Waals surface area contributed by atoms with Crippen LogP contribution in [0.15, 0.2) is 42.5 Å². The quantitative estimate of drug-likeness (QED) is 0.145. The molecule has 6 heteroatoms. The van der Waals surface area contributed by atoms with E-state index in [-0.39, 0.29) is 5.41 Å². The van der Waals surface area contributed by atoms with Gasteiger partial charge in [-0.15, -0.1) is 0 Å². The third kappa shape index (κ3) is 5.99. The Hall–Kier alpha value is -3.28. The van der Waals surface area contributed by atoms with E-state index in [0.29, 0.717) is 46.3 Å². The maximum atomic E-state index is 12.5. The van der Waals surface area contributed by atoms with Crippen LogP contribution in [0.1, 0.15) is 65.9 Å². The lowest BCUT2D eigenvalue weighted by molar-refractivity contribution is 0.0970. The van der Waals surface area contributed by atoms with Crippen molar-refractivity contribution in [1.29, 1.82) is 0 Å². The Morgan fingerprint density at radius 1 is 0.706 bits per heavy atom. The van der Waals surface area contributed by atoms with E-state index in [1.165, 1.54) is 0 Å². The van der Waals surface area contributed by atoms with Gasteiger partial charge in [0.15, 0.2) is 0 Å². The molecule has 0 amide bonds. The minimum absolute atomic E-state index is 0.140. The summed E-state index contributed by atoms with van der Waals surface area (Å²) in [5.74, 6) is 0.754. The fourth-order valence-electron chi connectivity index (χ4n) is 3.61. The molecule has 34 heavy (non-hydrogen) atoms. The summed E-state index contributed by atoms with van der Waals surface area (Å²) in [5, 5.41) is 2.59. The zero-order valence-corrected chi connectivity index (χ0v) is 20.7. The van der Waals surface area contributed by atoms with E-state index in [4.69, 9.17) is 18.9 Å². The maximum absolute atomic E-state index is 12.5. The number of hydrogen-bond donors (Lipinski definition) is 0. The Labute approximate surface area is 201 Å². The van der Waals surface area contributed by atoms with Crippen LogP contribution in [0.3, 0.4) is 0 Å². The molecule has 6 nitrogen and oxygen atoms in total. The number of unbranched alkanes of at least 4 members (excludes halogenated alkanes) is 2. The molecule has 0 heterocycles. The summed E-state index contributed by atoms with van der Waals surface area (Å²) < 4.78 is 22.0. The second-order valence-corrected chi connectivity index (χ2v) is 9.32. The number of ether oxygens (including phenoxy) is 4. The van der Waals surface area contributed by atoms with Crippen LogP contribution in [-0.4, -0.2) is 25.5 Å². The molecular weight excluding hydrogens is 432 g/mol. The van der Waals surface area contributed by atoms with Crippen molar-refractivity contribution in [2.75, 3.05) is 13.2 Å². The van der Waals surface area contributed by atoms with E-state index in [0.717, 1.165) is 31.2 Å². The van der Waals surface area contributed by atoms with E-state index in [1.807, 2.05) is 56.3 Å². The van der Waals surface area contributed by atoms with Crippen LogP contribution in [0, 0.1) is 0 Å². The first-order valence-electron chi connectivity index (χ1n) is 11.9. The number of fused-ring (bicyclic) bond motifs is 2. The van der Waals surface area contributed by atoms with Gasteiger partial charge in [-0.1, -0.05) is 83.9 Å². The molecule has 0 spiro atoms. The van der Waals surface area contributed by atoms with Crippen molar-refractivity contribution in [1.82, 2.24) is 0 Å². The van der Waals surface area contributed by atoms with Gasteiger partial charge in [0.25, 0.3) is 0 Å². The molecule has 0 unspecified atom stereocenters. The predicted octanol–water partition coefficient (Wildman–Crippen LogP) is 7.92. The molecule has 0 bridgehead atoms. The normalized spacial score (nSPS) is 11.4. The molecule has 0 aromatic heterocycles. The summed E-state index contributed by atoms with van der Waals surface area (Å²) >= 11 is 0. The average Bonchev–Trinajstić information content (AvgIpc) is 2.80. The molecule has 0 aliphatic heterocycles. The van der Waals surface area contributed by atoms with Crippen LogP contribution in [0.4, 0.5) is 9.59 Å². The zero-order valence-electron chi connectivity index (χ0n) is 20.7. The molecule has 3 aromatic carbocycles. The summed E-state index contributed by atoms with van der Waals surface area (Å²) in [6, 6.07) is 13.2. The van der Waals surface area contributed by atoms with Gasteiger partial charge in [0.05, 0.1) is 13.2 Å². The first kappa shape index (κ1) is 25.3. The smallest absolute Gasteiger partial charge is 0.434 e. The molecule has 182 valence electrons. The molecule has 0 fully saturated rings. The number of benzene rings is 3. The van der Waals surface area contributed by atoms with E-state index >= 15 is 0 Å². The second-order valence-electron chi connectivity index (χ2n) is 9.32. The van der Waals surface area contributed by atoms with Gasteiger partial charge in [-0.05, 0) is 29.9 Å². The molecule has 0 aliphatic rings. The van der Waals surface area contributed by atoms with Crippen LogP contribution in [0.5, 0.6) is 11.5 Å². The molecule has 0 radical (unpaired) electrons. The second kappa shape index (κ2) is 11.2. The molecule has 0 N–H and O–H groups in total. The highest BCUT2D eigenvalue weighted by Crippen LogP contribution is 2.44. The highest BCUT2D eigenvalue weighted by molar-refractivity contribution is 6.12. The topological polar surface area (TPSA) is 71.1 Å². The van der Waals surface area contributed by atoms with Crippen molar-refractivity contribution >= 4 is 33.9 Å². The third-order valence-corrected chi connectivity index (χ3v) is 5.60. The SMILES string of the molecule is CCCCOC(=O)Oc1c2ccccc2c(OC(=O)OCCCC)c2cc(C(C)(C)C)ccc12. The third-order valence-electron chi connectivity index (χ3n) is 5.60. The fraction of sp³-hybridized carbons (Fsp3) is 0.429. The van der Waals surface area contributed by atoms with Crippen LogP contribution in [0.25, 0.3) is 21.5 Å². The van der Waals surface area contributed by atoms with Gasteiger partial charge >= 0.3 is 12.3 Å². The zero-order chi connectivity index (χ0) is 24.7. The van der Waals surface area contributed by atoms with Gasteiger partial charge in [0.2, 0.25) is 0 Å². The highest BCUT2D eigenvalue weighted by atomic mass is 16.7. The van der Waals surface area contributed by atoms with Gasteiger partial charge in [-0.25, -0.2) is 9.59 Å². The van der Waals surface area contributed by atoms with E-state index in [2.05, 4.69) is 20.8 Å². The molecule has 3 aromatic rings. The first-order chi connectivity index (χ1) is 16.3. The van der Waals surface area contributed by atoms with Crippen molar-refractivity contribution in [2.24, 2.45) is 0 Å². The molecule has 0 aliphatic carbocycles. The van der Waals surface area contributed by atoms with E-state index in [9.17, 15) is 9.59 Å². The van der Waals surface area contributed by atoms with E-state index < -0.39 is 12.3 Å². The summed E-state index contributed by atoms with van der Waals surface area (Å²) in [5.41, 5.74) is 0.912. The lowest BCUT2D eigenvalue weighted by atomic mass is 9.85. The van der Waals surface area contributed by atoms with Crippen molar-refractivity contribution in [2.45, 2.75) is 65.7 Å². The largest absolute Gasteiger partial charge is 0.513 e. The van der Waals surface area contributed by atoms with Gasteiger partial charge in [0.1, 0.15) is 11.5 Å². The molecule has 0 saturated heterocycles. The minimum Gasteiger partial charge on any atom is -0.434 e. The van der Waals surface area contributed by atoms with Crippen molar-refractivity contribution < 1.29 is 28.5 Å². The number of carbonyl (C=O) groups is 2. The Kier molecular flexibility index (Phi) is 8.37. The first-order valence-corrected chi connectivity index (χ1v) is 11.9. The average molecular weight is 467 g/mol. The Morgan fingerprint density at radius 2 is 1.18 bits per heavy atom.